The fourth-order valence-corrected chi connectivity index (χ4v) is 14.0. The van der Waals surface area contributed by atoms with E-state index in [9.17, 15) is 4.79 Å². The molecule has 61 heavy (non-hydrogen) atoms. The minimum absolute atomic E-state index is 0.00392. The minimum atomic E-state index is -0.756. The predicted octanol–water partition coefficient (Wildman–Crippen LogP) is 9.89. The fourth-order valence-electron chi connectivity index (χ4n) is 12.3. The Morgan fingerprint density at radius 2 is 1.72 bits per heavy atom. The maximum Gasteiger partial charge on any atom is 0.407 e. The Balaban J connectivity index is 0.924. The summed E-state index contributed by atoms with van der Waals surface area (Å²) in [7, 11) is 5.09. The van der Waals surface area contributed by atoms with Crippen LogP contribution in [0.1, 0.15) is 127 Å². The van der Waals surface area contributed by atoms with Crippen molar-refractivity contribution in [3.8, 4) is 0 Å². The van der Waals surface area contributed by atoms with E-state index in [4.69, 9.17) is 37.9 Å². The summed E-state index contributed by atoms with van der Waals surface area (Å²) in [5.74, 6) is 2.19. The average molecular weight is 891 g/mol. The number of carbonyl (C=O) groups is 1. The van der Waals surface area contributed by atoms with Gasteiger partial charge in [-0.05, 0) is 111 Å². The van der Waals surface area contributed by atoms with Gasteiger partial charge in [-0.1, -0.05) is 72.3 Å². The van der Waals surface area contributed by atoms with Crippen molar-refractivity contribution >= 4 is 27.7 Å². The predicted molar refractivity (Wildman–Crippen MR) is 240 cm³/mol. The number of carbonyl (C=O) groups excluding carboxylic acids is 1. The van der Waals surface area contributed by atoms with Crippen molar-refractivity contribution in [2.45, 2.75) is 204 Å². The second-order valence-corrected chi connectivity index (χ2v) is 23.2. The van der Waals surface area contributed by atoms with Crippen molar-refractivity contribution in [2.24, 2.45) is 41.4 Å². The molecule has 1 aromatic rings. The molecule has 346 valence electrons. The molecule has 1 aromatic heterocycles. The zero-order chi connectivity index (χ0) is 43.7. The Kier molecular flexibility index (Phi) is 15.8. The number of pyridine rings is 1. The highest BCUT2D eigenvalue weighted by atomic mass is 33.1. The molecule has 18 atom stereocenters. The van der Waals surface area contributed by atoms with Gasteiger partial charge in [0, 0.05) is 50.3 Å². The largest absolute Gasteiger partial charge is 0.447 e. The highest BCUT2D eigenvalue weighted by Gasteiger charge is 2.65. The van der Waals surface area contributed by atoms with Gasteiger partial charge in [0.05, 0.1) is 66.1 Å². The van der Waals surface area contributed by atoms with E-state index in [1.54, 1.807) is 27.8 Å². The van der Waals surface area contributed by atoms with E-state index in [2.05, 4.69) is 79.5 Å². The molecule has 7 rings (SSSR count). The second kappa shape index (κ2) is 20.1. The average Bonchev–Trinajstić information content (AvgIpc) is 3.90. The molecular weight excluding hydrogens is 813 g/mol. The number of hydrogen-bond acceptors (Lipinski definition) is 12. The summed E-state index contributed by atoms with van der Waals surface area (Å²) in [6.45, 7) is 23.4. The van der Waals surface area contributed by atoms with Gasteiger partial charge in [0.1, 0.15) is 11.6 Å². The first kappa shape index (κ1) is 47.8. The van der Waals surface area contributed by atoms with Gasteiger partial charge in [-0.2, -0.15) is 0 Å². The van der Waals surface area contributed by atoms with Gasteiger partial charge in [0.15, 0.2) is 5.79 Å². The maximum atomic E-state index is 12.6. The van der Waals surface area contributed by atoms with Gasteiger partial charge in [-0.25, -0.2) is 9.78 Å². The minimum Gasteiger partial charge on any atom is -0.447 e. The van der Waals surface area contributed by atoms with Crippen LogP contribution in [-0.4, -0.2) is 109 Å². The van der Waals surface area contributed by atoms with E-state index in [1.807, 2.05) is 25.3 Å². The van der Waals surface area contributed by atoms with Crippen molar-refractivity contribution in [3.05, 3.63) is 24.4 Å². The SMILES string of the molecule is COC1C[C@@H](CC2CCC(C)C(C(C)C)O2)O[C@]2(OC(C)(C3CCC(C)(C4OC(C5OC(COC(=O)NCCSSc6ccccn6)C(C)CC5C)CC4C)O3)CC2C)C1C. The van der Waals surface area contributed by atoms with Crippen molar-refractivity contribution in [1.29, 1.82) is 0 Å². The molecular formula is C48H78N2O9S2. The number of amides is 1. The number of hydrogen-bond donors (Lipinski definition) is 1. The number of alkyl carbamates (subject to hydrolysis) is 1. The van der Waals surface area contributed by atoms with Crippen LogP contribution in [0.25, 0.3) is 0 Å². The molecule has 16 unspecified atom stereocenters. The Morgan fingerprint density at radius 3 is 2.46 bits per heavy atom. The Bertz CT molecular complexity index is 1580. The van der Waals surface area contributed by atoms with Crippen molar-refractivity contribution in [3.63, 3.8) is 0 Å². The van der Waals surface area contributed by atoms with Gasteiger partial charge in [0.25, 0.3) is 0 Å². The third-order valence-corrected chi connectivity index (χ3v) is 17.7. The van der Waals surface area contributed by atoms with Gasteiger partial charge >= 0.3 is 6.09 Å². The van der Waals surface area contributed by atoms with Crippen molar-refractivity contribution in [1.82, 2.24) is 10.3 Å². The monoisotopic (exact) mass is 891 g/mol. The van der Waals surface area contributed by atoms with Crippen molar-refractivity contribution < 1.29 is 42.7 Å². The molecule has 6 fully saturated rings. The Labute approximate surface area is 375 Å². The van der Waals surface area contributed by atoms with Crippen LogP contribution in [0.2, 0.25) is 0 Å². The van der Waals surface area contributed by atoms with Crippen LogP contribution in [0, 0.1) is 41.4 Å². The molecule has 0 radical (unpaired) electrons. The summed E-state index contributed by atoms with van der Waals surface area (Å²) in [5, 5.41) is 3.84. The van der Waals surface area contributed by atoms with Crippen LogP contribution in [0.3, 0.4) is 0 Å². The van der Waals surface area contributed by atoms with E-state index in [-0.39, 0.29) is 79.3 Å². The molecule has 6 aliphatic rings. The van der Waals surface area contributed by atoms with Crippen LogP contribution < -0.4 is 5.32 Å². The first-order valence-corrected chi connectivity index (χ1v) is 26.0. The molecule has 1 spiro atoms. The molecule has 1 N–H and O–H groups in total. The van der Waals surface area contributed by atoms with E-state index in [0.717, 1.165) is 62.1 Å². The molecule has 0 bridgehead atoms. The van der Waals surface area contributed by atoms with Crippen LogP contribution >= 0.6 is 21.6 Å². The van der Waals surface area contributed by atoms with Gasteiger partial charge in [0.2, 0.25) is 0 Å². The number of ether oxygens (including phenoxy) is 8. The standard InChI is InChI=1S/C48H78N2O9S2/c1-28(2)42-29(3)15-16-35(54-42)24-36-25-37(52-11)34(8)48(57-36)33(7)26-47(10,59-48)40-17-18-46(9,58-40)44-32(6)23-38(56-44)43-31(5)22-30(4)39(55-43)27-53-45(51)50-20-21-60-61-41-14-12-13-19-49-41/h12-14,19,28-40,42-44H,15-18,20-27H2,1-11H3,(H,50,51)/t29?,30?,31?,32?,33?,34?,35?,36-,37?,38?,39?,40?,42?,43?,44?,46?,47?,48-/m1/s1. The topological polar surface area (TPSA) is 116 Å². The van der Waals surface area contributed by atoms with Gasteiger partial charge < -0.3 is 43.2 Å². The number of nitrogens with one attached hydrogen (secondary N) is 1. The molecule has 0 aliphatic carbocycles. The quantitative estimate of drug-likeness (QED) is 0.142. The summed E-state index contributed by atoms with van der Waals surface area (Å²) in [6, 6.07) is 5.85. The first-order valence-electron chi connectivity index (χ1n) is 23.7. The molecule has 7 heterocycles. The highest BCUT2D eigenvalue weighted by Crippen LogP contribution is 2.57. The van der Waals surface area contributed by atoms with Crippen LogP contribution in [0.5, 0.6) is 0 Å². The number of methoxy groups -OCH3 is 1. The zero-order valence-electron chi connectivity index (χ0n) is 39.0. The summed E-state index contributed by atoms with van der Waals surface area (Å²) in [4.78, 5) is 17.0. The lowest BCUT2D eigenvalue weighted by molar-refractivity contribution is -0.352. The molecule has 1 amide bonds. The summed E-state index contributed by atoms with van der Waals surface area (Å²) in [6.07, 6.45) is 9.95. The van der Waals surface area contributed by atoms with Crippen LogP contribution in [0.4, 0.5) is 4.79 Å². The summed E-state index contributed by atoms with van der Waals surface area (Å²) < 4.78 is 54.2. The van der Waals surface area contributed by atoms with Crippen LogP contribution in [0.15, 0.2) is 29.4 Å². The van der Waals surface area contributed by atoms with Gasteiger partial charge in [-0.3, -0.25) is 0 Å². The third-order valence-electron chi connectivity index (χ3n) is 15.5. The smallest absolute Gasteiger partial charge is 0.407 e. The lowest BCUT2D eigenvalue weighted by Crippen LogP contribution is -2.58. The molecule has 13 heteroatoms. The lowest BCUT2D eigenvalue weighted by atomic mass is 9.78. The lowest BCUT2D eigenvalue weighted by Gasteiger charge is -2.50. The summed E-state index contributed by atoms with van der Waals surface area (Å²) >= 11 is 0. The Hall–Kier alpha value is -1.16. The van der Waals surface area contributed by atoms with Gasteiger partial charge in [-0.15, -0.1) is 0 Å². The fraction of sp³-hybridized carbons (Fsp3) is 0.875. The maximum absolute atomic E-state index is 12.6. The van der Waals surface area contributed by atoms with Crippen LogP contribution in [-0.2, 0) is 37.9 Å². The number of rotatable bonds is 14. The molecule has 6 aliphatic heterocycles. The number of nitrogens with zero attached hydrogens (tertiary/aromatic N) is 1. The third kappa shape index (κ3) is 10.6. The van der Waals surface area contributed by atoms with E-state index in [1.165, 1.54) is 6.42 Å². The summed E-state index contributed by atoms with van der Waals surface area (Å²) in [5.41, 5.74) is -0.968. The van der Waals surface area contributed by atoms with E-state index < -0.39 is 23.1 Å². The normalized spacial score (nSPS) is 45.4. The number of aromatic nitrogens is 1. The Morgan fingerprint density at radius 1 is 0.918 bits per heavy atom. The molecule has 11 nitrogen and oxygen atoms in total. The zero-order valence-corrected chi connectivity index (χ0v) is 40.6. The molecule has 0 saturated carbocycles. The first-order chi connectivity index (χ1) is 29.0. The molecule has 0 aromatic carbocycles. The molecule has 6 saturated heterocycles. The van der Waals surface area contributed by atoms with E-state index >= 15 is 0 Å². The van der Waals surface area contributed by atoms with Crippen molar-refractivity contribution in [2.75, 3.05) is 26.0 Å². The van der Waals surface area contributed by atoms with E-state index in [0.29, 0.717) is 30.2 Å². The highest BCUT2D eigenvalue weighted by molar-refractivity contribution is 8.76. The second-order valence-electron chi connectivity index (χ2n) is 20.7.